The largest absolute Gasteiger partial charge is 0.393 e. The third-order valence-electron chi connectivity index (χ3n) is 7.48. The average Bonchev–Trinajstić information content (AvgIpc) is 2.95. The van der Waals surface area contributed by atoms with Gasteiger partial charge in [0.2, 0.25) is 0 Å². The predicted octanol–water partition coefficient (Wildman–Crippen LogP) is 4.53. The molecule has 0 saturated carbocycles. The Labute approximate surface area is 213 Å². The van der Waals surface area contributed by atoms with Gasteiger partial charge in [-0.25, -0.2) is 9.97 Å². The topological polar surface area (TPSA) is 61.5 Å². The lowest BCUT2D eigenvalue weighted by Gasteiger charge is -2.40. The second-order valence-corrected chi connectivity index (χ2v) is 9.62. The summed E-state index contributed by atoms with van der Waals surface area (Å²) in [4.78, 5) is 16.4. The van der Waals surface area contributed by atoms with E-state index in [4.69, 9.17) is 5.73 Å². The SMILES string of the molecule is Nc1c(N2CCN(C(c3ccccc3)c3ccccc3)CC2)ncnc1N1CCc2ccccc2C1. The normalized spacial score (nSPS) is 16.2. The smallest absolute Gasteiger partial charge is 0.157 e. The van der Waals surface area contributed by atoms with Gasteiger partial charge in [0, 0.05) is 39.3 Å². The Morgan fingerprint density at radius 2 is 1.17 bits per heavy atom. The summed E-state index contributed by atoms with van der Waals surface area (Å²) >= 11 is 0. The van der Waals surface area contributed by atoms with E-state index in [0.29, 0.717) is 5.69 Å². The van der Waals surface area contributed by atoms with E-state index >= 15 is 0 Å². The van der Waals surface area contributed by atoms with E-state index < -0.39 is 0 Å². The van der Waals surface area contributed by atoms with Gasteiger partial charge in [-0.3, -0.25) is 4.90 Å². The van der Waals surface area contributed by atoms with Crippen molar-refractivity contribution in [2.45, 2.75) is 19.0 Å². The second-order valence-electron chi connectivity index (χ2n) is 9.62. The monoisotopic (exact) mass is 476 g/mol. The third kappa shape index (κ3) is 4.40. The fourth-order valence-corrected chi connectivity index (χ4v) is 5.63. The minimum atomic E-state index is 0.237. The Bertz CT molecular complexity index is 1260. The van der Waals surface area contributed by atoms with Crippen molar-refractivity contribution in [2.24, 2.45) is 0 Å². The van der Waals surface area contributed by atoms with Crippen LogP contribution in [0.4, 0.5) is 17.3 Å². The van der Waals surface area contributed by atoms with Gasteiger partial charge in [-0.05, 0) is 28.7 Å². The minimum absolute atomic E-state index is 0.237. The van der Waals surface area contributed by atoms with Crippen LogP contribution in [0.5, 0.6) is 0 Å². The molecular weight excluding hydrogens is 444 g/mol. The van der Waals surface area contributed by atoms with Crippen LogP contribution in [0.1, 0.15) is 28.3 Å². The number of piperazine rings is 1. The lowest BCUT2D eigenvalue weighted by atomic mass is 9.96. The number of benzene rings is 3. The van der Waals surface area contributed by atoms with E-state index in [2.05, 4.69) is 110 Å². The molecule has 4 aromatic rings. The highest BCUT2D eigenvalue weighted by Gasteiger charge is 2.29. The van der Waals surface area contributed by atoms with Gasteiger partial charge in [-0.1, -0.05) is 84.9 Å². The van der Waals surface area contributed by atoms with Crippen LogP contribution in [0.25, 0.3) is 0 Å². The Morgan fingerprint density at radius 1 is 0.611 bits per heavy atom. The first-order chi connectivity index (χ1) is 17.8. The van der Waals surface area contributed by atoms with Gasteiger partial charge < -0.3 is 15.5 Å². The zero-order valence-electron chi connectivity index (χ0n) is 20.5. The number of hydrogen-bond acceptors (Lipinski definition) is 6. The lowest BCUT2D eigenvalue weighted by molar-refractivity contribution is 0.212. The fraction of sp³-hybridized carbons (Fsp3) is 0.267. The molecule has 6 nitrogen and oxygen atoms in total. The molecule has 2 aliphatic rings. The van der Waals surface area contributed by atoms with Crippen molar-refractivity contribution >= 4 is 17.3 Å². The molecule has 6 heteroatoms. The van der Waals surface area contributed by atoms with Gasteiger partial charge in [-0.2, -0.15) is 0 Å². The first-order valence-electron chi connectivity index (χ1n) is 12.8. The van der Waals surface area contributed by atoms with Crippen molar-refractivity contribution < 1.29 is 0 Å². The minimum Gasteiger partial charge on any atom is -0.393 e. The molecule has 3 heterocycles. The van der Waals surface area contributed by atoms with E-state index in [1.165, 1.54) is 22.3 Å². The number of fused-ring (bicyclic) bond motifs is 1. The zero-order valence-corrected chi connectivity index (χ0v) is 20.5. The van der Waals surface area contributed by atoms with E-state index in [0.717, 1.165) is 57.3 Å². The van der Waals surface area contributed by atoms with Crippen LogP contribution in [0.15, 0.2) is 91.3 Å². The Hall–Kier alpha value is -3.90. The van der Waals surface area contributed by atoms with Crippen molar-refractivity contribution in [2.75, 3.05) is 48.3 Å². The summed E-state index contributed by atoms with van der Waals surface area (Å²) < 4.78 is 0. The van der Waals surface area contributed by atoms with E-state index in [-0.39, 0.29) is 6.04 Å². The maximum Gasteiger partial charge on any atom is 0.157 e. The molecule has 6 rings (SSSR count). The quantitative estimate of drug-likeness (QED) is 0.457. The maximum atomic E-state index is 6.72. The average molecular weight is 477 g/mol. The number of hydrogen-bond donors (Lipinski definition) is 1. The third-order valence-corrected chi connectivity index (χ3v) is 7.48. The molecule has 182 valence electrons. The highest BCUT2D eigenvalue weighted by molar-refractivity contribution is 5.76. The van der Waals surface area contributed by atoms with E-state index in [1.807, 2.05) is 0 Å². The van der Waals surface area contributed by atoms with Gasteiger partial charge in [0.15, 0.2) is 11.6 Å². The summed E-state index contributed by atoms with van der Waals surface area (Å²) in [6.07, 6.45) is 2.68. The van der Waals surface area contributed by atoms with Crippen molar-refractivity contribution in [3.8, 4) is 0 Å². The molecule has 0 bridgehead atoms. The molecule has 0 atom stereocenters. The molecule has 0 unspecified atom stereocenters. The van der Waals surface area contributed by atoms with Crippen molar-refractivity contribution in [1.82, 2.24) is 14.9 Å². The molecule has 0 aliphatic carbocycles. The predicted molar refractivity (Wildman–Crippen MR) is 146 cm³/mol. The molecule has 0 amide bonds. The molecule has 1 saturated heterocycles. The molecule has 0 radical (unpaired) electrons. The molecule has 0 spiro atoms. The molecular formula is C30H32N6. The fourth-order valence-electron chi connectivity index (χ4n) is 5.63. The lowest BCUT2D eigenvalue weighted by Crippen LogP contribution is -2.48. The Kier molecular flexibility index (Phi) is 6.26. The summed E-state index contributed by atoms with van der Waals surface area (Å²) in [6, 6.07) is 30.5. The van der Waals surface area contributed by atoms with Crippen LogP contribution in [-0.2, 0) is 13.0 Å². The van der Waals surface area contributed by atoms with Crippen LogP contribution in [0, 0.1) is 0 Å². The number of rotatable bonds is 5. The standard InChI is InChI=1S/C30H32N6/c31-27-29(32-22-33-30(27)36-16-15-23-9-7-8-14-26(23)21-36)35-19-17-34(18-20-35)28(24-10-3-1-4-11-24)25-12-5-2-6-13-25/h1-14,22,28H,15-21,31H2. The summed E-state index contributed by atoms with van der Waals surface area (Å²) in [5.74, 6) is 1.71. The van der Waals surface area contributed by atoms with Gasteiger partial charge >= 0.3 is 0 Å². The highest BCUT2D eigenvalue weighted by atomic mass is 15.3. The number of aromatic nitrogens is 2. The Balaban J connectivity index is 1.20. The van der Waals surface area contributed by atoms with Gasteiger partial charge in [0.25, 0.3) is 0 Å². The maximum absolute atomic E-state index is 6.72. The van der Waals surface area contributed by atoms with Gasteiger partial charge in [-0.15, -0.1) is 0 Å². The number of anilines is 3. The second kappa shape index (κ2) is 9.99. The van der Waals surface area contributed by atoms with Crippen molar-refractivity contribution in [3.05, 3.63) is 114 Å². The summed E-state index contributed by atoms with van der Waals surface area (Å²) in [7, 11) is 0. The Morgan fingerprint density at radius 3 is 1.81 bits per heavy atom. The van der Waals surface area contributed by atoms with Crippen LogP contribution in [-0.4, -0.2) is 47.6 Å². The van der Waals surface area contributed by atoms with E-state index in [1.54, 1.807) is 6.33 Å². The number of nitrogen functional groups attached to an aromatic ring is 1. The van der Waals surface area contributed by atoms with Crippen LogP contribution >= 0.6 is 0 Å². The van der Waals surface area contributed by atoms with Crippen molar-refractivity contribution in [3.63, 3.8) is 0 Å². The molecule has 2 N–H and O–H groups in total. The number of nitrogens with two attached hydrogens (primary N) is 1. The van der Waals surface area contributed by atoms with Crippen LogP contribution in [0.3, 0.4) is 0 Å². The first-order valence-corrected chi connectivity index (χ1v) is 12.8. The molecule has 36 heavy (non-hydrogen) atoms. The van der Waals surface area contributed by atoms with Crippen LogP contribution in [0.2, 0.25) is 0 Å². The zero-order chi connectivity index (χ0) is 24.3. The van der Waals surface area contributed by atoms with Crippen LogP contribution < -0.4 is 15.5 Å². The van der Waals surface area contributed by atoms with Gasteiger partial charge in [0.05, 0.1) is 6.04 Å². The summed E-state index contributed by atoms with van der Waals surface area (Å²) in [6.45, 7) is 5.37. The molecule has 1 fully saturated rings. The first kappa shape index (κ1) is 22.6. The van der Waals surface area contributed by atoms with Crippen molar-refractivity contribution in [1.29, 1.82) is 0 Å². The number of nitrogens with zero attached hydrogens (tertiary/aromatic N) is 5. The molecule has 3 aromatic carbocycles. The molecule has 1 aromatic heterocycles. The van der Waals surface area contributed by atoms with E-state index in [9.17, 15) is 0 Å². The molecule has 2 aliphatic heterocycles. The summed E-state index contributed by atoms with van der Waals surface area (Å²) in [5, 5.41) is 0. The highest BCUT2D eigenvalue weighted by Crippen LogP contribution is 2.34. The van der Waals surface area contributed by atoms with Gasteiger partial charge in [0.1, 0.15) is 12.0 Å². The summed E-state index contributed by atoms with van der Waals surface area (Å²) in [5.41, 5.74) is 12.8.